The molecule has 32 heavy (non-hydrogen) atoms. The number of nitrogens with one attached hydrogen (secondary N) is 2. The highest BCUT2D eigenvalue weighted by molar-refractivity contribution is 5.92. The van der Waals surface area contributed by atoms with Gasteiger partial charge in [0.25, 0.3) is 0 Å². The molecule has 0 radical (unpaired) electrons. The van der Waals surface area contributed by atoms with Crippen LogP contribution in [0.5, 0.6) is 0 Å². The van der Waals surface area contributed by atoms with Crippen LogP contribution in [-0.4, -0.2) is 24.4 Å². The first-order chi connectivity index (χ1) is 15.5. The maximum Gasteiger partial charge on any atom is 0.243 e. The zero-order chi connectivity index (χ0) is 22.9. The fourth-order valence-corrected chi connectivity index (χ4v) is 3.67. The van der Waals surface area contributed by atoms with E-state index in [1.165, 1.54) is 0 Å². The molecule has 3 aromatic rings. The molecule has 162 valence electrons. The minimum Gasteiger partial charge on any atom is -0.343 e. The third-order valence-electron chi connectivity index (χ3n) is 5.51. The van der Waals surface area contributed by atoms with Crippen molar-refractivity contribution in [3.63, 3.8) is 0 Å². The fourth-order valence-electron chi connectivity index (χ4n) is 3.67. The molecule has 0 bridgehead atoms. The Bertz CT molecular complexity index is 1070. The van der Waals surface area contributed by atoms with Gasteiger partial charge in [0.15, 0.2) is 0 Å². The molecular formula is C27H27N3O2. The Morgan fingerprint density at radius 2 is 1.44 bits per heavy atom. The van der Waals surface area contributed by atoms with Crippen LogP contribution in [0, 0.1) is 25.2 Å². The van der Waals surface area contributed by atoms with Crippen LogP contribution in [0.2, 0.25) is 0 Å². The zero-order valence-corrected chi connectivity index (χ0v) is 18.3. The minimum absolute atomic E-state index is 0.112. The van der Waals surface area contributed by atoms with Crippen molar-refractivity contribution in [2.45, 2.75) is 32.2 Å². The largest absolute Gasteiger partial charge is 0.343 e. The van der Waals surface area contributed by atoms with Gasteiger partial charge >= 0.3 is 0 Å². The molecule has 0 saturated heterocycles. The van der Waals surface area contributed by atoms with Gasteiger partial charge in [-0.25, -0.2) is 0 Å². The summed E-state index contributed by atoms with van der Waals surface area (Å²) in [6.07, 6.45) is 0.334. The normalized spacial score (nSPS) is 11.4. The summed E-state index contributed by atoms with van der Waals surface area (Å²) in [5.74, 6) is -1.19. The summed E-state index contributed by atoms with van der Waals surface area (Å²) in [7, 11) is 0. The average Bonchev–Trinajstić information content (AvgIpc) is 2.81. The van der Waals surface area contributed by atoms with Crippen molar-refractivity contribution in [3.05, 3.63) is 107 Å². The lowest BCUT2D eigenvalue weighted by Gasteiger charge is -2.23. The van der Waals surface area contributed by atoms with Gasteiger partial charge in [0, 0.05) is 6.42 Å². The number of hydrogen-bond acceptors (Lipinski definition) is 3. The minimum atomic E-state index is -0.798. The summed E-state index contributed by atoms with van der Waals surface area (Å²) in [5, 5.41) is 14.4. The van der Waals surface area contributed by atoms with Crippen molar-refractivity contribution >= 4 is 11.8 Å². The van der Waals surface area contributed by atoms with Crippen LogP contribution in [0.25, 0.3) is 0 Å². The van der Waals surface area contributed by atoms with Crippen LogP contribution in [-0.2, 0) is 16.0 Å². The van der Waals surface area contributed by atoms with Crippen LogP contribution in [0.4, 0.5) is 0 Å². The molecule has 0 spiro atoms. The summed E-state index contributed by atoms with van der Waals surface area (Å²) in [4.78, 5) is 26.3. The van der Waals surface area contributed by atoms with Crippen LogP contribution < -0.4 is 10.6 Å². The standard InChI is InChI=1S/C27H27N3O2/c1-19-13-14-21(17-20(19)2)18-24(26(31)29-16-15-28)30-27(32)25(22-9-5-3-6-10-22)23-11-7-4-8-12-23/h3-14,17,24-25H,16,18H2,1-2H3,(H,29,31)(H,30,32)/t24-/m0/s1. The van der Waals surface area contributed by atoms with Crippen molar-refractivity contribution in [1.82, 2.24) is 10.6 Å². The zero-order valence-electron chi connectivity index (χ0n) is 18.3. The molecule has 0 aromatic heterocycles. The third-order valence-corrected chi connectivity index (χ3v) is 5.51. The van der Waals surface area contributed by atoms with E-state index in [1.54, 1.807) is 0 Å². The van der Waals surface area contributed by atoms with Gasteiger partial charge in [-0.2, -0.15) is 5.26 Å². The summed E-state index contributed by atoms with van der Waals surface area (Å²) < 4.78 is 0. The number of rotatable bonds is 8. The number of nitrogens with zero attached hydrogens (tertiary/aromatic N) is 1. The summed E-state index contributed by atoms with van der Waals surface area (Å²) in [5.41, 5.74) is 4.92. The number of carbonyl (C=O) groups is 2. The smallest absolute Gasteiger partial charge is 0.243 e. The molecule has 0 unspecified atom stereocenters. The number of carbonyl (C=O) groups excluding carboxylic acids is 2. The maximum absolute atomic E-state index is 13.5. The topological polar surface area (TPSA) is 82.0 Å². The third kappa shape index (κ3) is 5.83. The van der Waals surface area contributed by atoms with Crippen LogP contribution >= 0.6 is 0 Å². The van der Waals surface area contributed by atoms with E-state index >= 15 is 0 Å². The first-order valence-electron chi connectivity index (χ1n) is 10.6. The number of aryl methyl sites for hydroxylation is 2. The molecule has 2 N–H and O–H groups in total. The average molecular weight is 426 g/mol. The molecule has 0 saturated carbocycles. The highest BCUT2D eigenvalue weighted by Crippen LogP contribution is 2.25. The number of hydrogen-bond donors (Lipinski definition) is 2. The molecule has 5 nitrogen and oxygen atoms in total. The summed E-state index contributed by atoms with van der Waals surface area (Å²) in [6, 6.07) is 26.1. The Morgan fingerprint density at radius 3 is 1.97 bits per heavy atom. The lowest BCUT2D eigenvalue weighted by Crippen LogP contribution is -2.49. The lowest BCUT2D eigenvalue weighted by atomic mass is 9.90. The molecule has 3 rings (SSSR count). The Balaban J connectivity index is 1.89. The predicted molar refractivity (Wildman–Crippen MR) is 125 cm³/mol. The fraction of sp³-hybridized carbons (Fsp3) is 0.222. The summed E-state index contributed by atoms with van der Waals surface area (Å²) in [6.45, 7) is 3.93. The Labute approximate surface area is 189 Å². The van der Waals surface area contributed by atoms with E-state index < -0.39 is 12.0 Å². The van der Waals surface area contributed by atoms with E-state index in [1.807, 2.05) is 98.8 Å². The lowest BCUT2D eigenvalue weighted by molar-refractivity contribution is -0.129. The second kappa shape index (κ2) is 10.9. The van der Waals surface area contributed by atoms with E-state index in [0.29, 0.717) is 6.42 Å². The number of nitriles is 1. The quantitative estimate of drug-likeness (QED) is 0.539. The second-order valence-corrected chi connectivity index (χ2v) is 7.81. The van der Waals surface area contributed by atoms with Gasteiger partial charge in [-0.05, 0) is 41.7 Å². The van der Waals surface area contributed by atoms with Gasteiger partial charge in [-0.3, -0.25) is 9.59 Å². The first kappa shape index (κ1) is 22.8. The molecule has 0 aliphatic heterocycles. The predicted octanol–water partition coefficient (Wildman–Crippen LogP) is 3.80. The Hall–Kier alpha value is -3.91. The number of amides is 2. The highest BCUT2D eigenvalue weighted by atomic mass is 16.2. The molecular weight excluding hydrogens is 398 g/mol. The van der Waals surface area contributed by atoms with Crippen LogP contribution in [0.15, 0.2) is 78.9 Å². The van der Waals surface area contributed by atoms with Crippen molar-refractivity contribution in [2.24, 2.45) is 0 Å². The molecule has 5 heteroatoms. The van der Waals surface area contributed by atoms with Crippen LogP contribution in [0.3, 0.4) is 0 Å². The monoisotopic (exact) mass is 425 g/mol. The van der Waals surface area contributed by atoms with Gasteiger partial charge < -0.3 is 10.6 Å². The van der Waals surface area contributed by atoms with Crippen molar-refractivity contribution in [3.8, 4) is 6.07 Å². The van der Waals surface area contributed by atoms with Gasteiger partial charge in [0.1, 0.15) is 12.6 Å². The maximum atomic E-state index is 13.5. The SMILES string of the molecule is Cc1ccc(C[C@H](NC(=O)C(c2ccccc2)c2ccccc2)C(=O)NCC#N)cc1C. The van der Waals surface area contributed by atoms with Gasteiger partial charge in [-0.1, -0.05) is 78.9 Å². The van der Waals surface area contributed by atoms with Gasteiger partial charge in [-0.15, -0.1) is 0 Å². The molecule has 1 atom stereocenters. The van der Waals surface area contributed by atoms with E-state index in [9.17, 15) is 9.59 Å². The van der Waals surface area contributed by atoms with E-state index in [4.69, 9.17) is 5.26 Å². The molecule has 0 aliphatic carbocycles. The summed E-state index contributed by atoms with van der Waals surface area (Å²) >= 11 is 0. The molecule has 0 fully saturated rings. The molecule has 2 amide bonds. The van der Waals surface area contributed by atoms with Crippen molar-refractivity contribution in [2.75, 3.05) is 6.54 Å². The molecule has 0 heterocycles. The highest BCUT2D eigenvalue weighted by Gasteiger charge is 2.28. The first-order valence-corrected chi connectivity index (χ1v) is 10.6. The second-order valence-electron chi connectivity index (χ2n) is 7.81. The van der Waals surface area contributed by atoms with Crippen LogP contribution in [0.1, 0.15) is 33.7 Å². The van der Waals surface area contributed by atoms with Gasteiger partial charge in [0.05, 0.1) is 12.0 Å². The van der Waals surface area contributed by atoms with E-state index in [0.717, 1.165) is 27.8 Å². The molecule has 0 aliphatic rings. The van der Waals surface area contributed by atoms with Gasteiger partial charge in [0.2, 0.25) is 11.8 Å². The molecule has 3 aromatic carbocycles. The Kier molecular flexibility index (Phi) is 7.77. The van der Waals surface area contributed by atoms with E-state index in [2.05, 4.69) is 10.6 Å². The number of benzene rings is 3. The Morgan fingerprint density at radius 1 is 0.844 bits per heavy atom. The van der Waals surface area contributed by atoms with E-state index in [-0.39, 0.29) is 18.4 Å². The van der Waals surface area contributed by atoms with Crippen molar-refractivity contribution < 1.29 is 9.59 Å². The van der Waals surface area contributed by atoms with Crippen molar-refractivity contribution in [1.29, 1.82) is 5.26 Å².